The van der Waals surface area contributed by atoms with E-state index in [-0.39, 0.29) is 12.5 Å². The number of aromatic nitrogens is 2. The van der Waals surface area contributed by atoms with Gasteiger partial charge in [-0.25, -0.2) is 0 Å². The SMILES string of the molecule is Cc1nc(CN(C)CC2(O)CCCN(Cc3ccc(C(C)C)cc3)C2=O)no1. The molecular formula is C21H30N4O3. The number of amides is 1. The highest BCUT2D eigenvalue weighted by Crippen LogP contribution is 2.26. The van der Waals surface area contributed by atoms with Gasteiger partial charge in [-0.3, -0.25) is 9.69 Å². The van der Waals surface area contributed by atoms with Crippen LogP contribution in [0, 0.1) is 6.92 Å². The van der Waals surface area contributed by atoms with Crippen LogP contribution < -0.4 is 0 Å². The third-order valence-corrected chi connectivity index (χ3v) is 5.24. The van der Waals surface area contributed by atoms with E-state index >= 15 is 0 Å². The Bertz CT molecular complexity index is 802. The number of likely N-dealkylation sites (tertiary alicyclic amines) is 1. The first-order chi connectivity index (χ1) is 13.3. The van der Waals surface area contributed by atoms with Crippen LogP contribution >= 0.6 is 0 Å². The molecule has 1 saturated heterocycles. The van der Waals surface area contributed by atoms with Crippen molar-refractivity contribution in [1.82, 2.24) is 19.9 Å². The van der Waals surface area contributed by atoms with E-state index in [1.807, 2.05) is 11.9 Å². The molecule has 2 heterocycles. The second-order valence-corrected chi connectivity index (χ2v) is 8.16. The van der Waals surface area contributed by atoms with E-state index in [4.69, 9.17) is 4.52 Å². The first-order valence-electron chi connectivity index (χ1n) is 9.85. The Kier molecular flexibility index (Phi) is 6.15. The van der Waals surface area contributed by atoms with Crippen molar-refractivity contribution >= 4 is 5.91 Å². The van der Waals surface area contributed by atoms with E-state index in [0.29, 0.717) is 43.7 Å². The maximum absolute atomic E-state index is 13.0. The zero-order chi connectivity index (χ0) is 20.3. The molecule has 0 radical (unpaired) electrons. The highest BCUT2D eigenvalue weighted by Gasteiger charge is 2.42. The number of nitrogens with zero attached hydrogens (tertiary/aromatic N) is 4. The fourth-order valence-corrected chi connectivity index (χ4v) is 3.74. The molecule has 1 aliphatic rings. The van der Waals surface area contributed by atoms with Crippen LogP contribution in [-0.2, 0) is 17.9 Å². The van der Waals surface area contributed by atoms with Gasteiger partial charge in [-0.15, -0.1) is 0 Å². The van der Waals surface area contributed by atoms with Crippen LogP contribution in [0.2, 0.25) is 0 Å². The van der Waals surface area contributed by atoms with Crippen molar-refractivity contribution in [1.29, 1.82) is 0 Å². The zero-order valence-corrected chi connectivity index (χ0v) is 17.2. The number of carbonyl (C=O) groups excluding carboxylic acids is 1. The van der Waals surface area contributed by atoms with Gasteiger partial charge in [0.25, 0.3) is 5.91 Å². The van der Waals surface area contributed by atoms with Crippen molar-refractivity contribution in [3.05, 3.63) is 47.1 Å². The van der Waals surface area contributed by atoms with Crippen molar-refractivity contribution < 1.29 is 14.4 Å². The van der Waals surface area contributed by atoms with E-state index in [9.17, 15) is 9.90 Å². The van der Waals surface area contributed by atoms with Crippen LogP contribution in [0.4, 0.5) is 0 Å². The van der Waals surface area contributed by atoms with Crippen LogP contribution in [0.5, 0.6) is 0 Å². The number of rotatable bonds is 7. The van der Waals surface area contributed by atoms with E-state index in [2.05, 4.69) is 48.3 Å². The molecule has 0 spiro atoms. The summed E-state index contributed by atoms with van der Waals surface area (Å²) in [5.74, 6) is 1.33. The second-order valence-electron chi connectivity index (χ2n) is 8.16. The predicted octanol–water partition coefficient (Wildman–Crippen LogP) is 2.49. The lowest BCUT2D eigenvalue weighted by atomic mass is 9.90. The molecule has 3 rings (SSSR count). The number of aliphatic hydroxyl groups is 1. The molecule has 1 unspecified atom stereocenters. The van der Waals surface area contributed by atoms with Crippen LogP contribution in [0.15, 0.2) is 28.8 Å². The van der Waals surface area contributed by atoms with Crippen LogP contribution in [-0.4, -0.2) is 56.7 Å². The van der Waals surface area contributed by atoms with Gasteiger partial charge >= 0.3 is 0 Å². The largest absolute Gasteiger partial charge is 0.379 e. The van der Waals surface area contributed by atoms with Crippen molar-refractivity contribution in [3.8, 4) is 0 Å². The topological polar surface area (TPSA) is 82.7 Å². The lowest BCUT2D eigenvalue weighted by Crippen LogP contribution is -2.57. The van der Waals surface area contributed by atoms with Crippen molar-refractivity contribution in [2.75, 3.05) is 20.1 Å². The molecule has 1 aliphatic heterocycles. The molecular weight excluding hydrogens is 356 g/mol. The van der Waals surface area contributed by atoms with Gasteiger partial charge in [-0.1, -0.05) is 43.3 Å². The highest BCUT2D eigenvalue weighted by molar-refractivity contribution is 5.86. The zero-order valence-electron chi connectivity index (χ0n) is 17.2. The molecule has 0 bridgehead atoms. The summed E-state index contributed by atoms with van der Waals surface area (Å²) in [5, 5.41) is 14.9. The van der Waals surface area contributed by atoms with Crippen molar-refractivity contribution in [2.24, 2.45) is 0 Å². The summed E-state index contributed by atoms with van der Waals surface area (Å²) < 4.78 is 4.98. The van der Waals surface area contributed by atoms with E-state index in [1.165, 1.54) is 5.56 Å². The third kappa shape index (κ3) is 4.77. The Labute approximate surface area is 166 Å². The number of benzene rings is 1. The molecule has 7 heteroatoms. The maximum atomic E-state index is 13.0. The molecule has 1 fully saturated rings. The lowest BCUT2D eigenvalue weighted by Gasteiger charge is -2.40. The first-order valence-corrected chi connectivity index (χ1v) is 9.85. The Morgan fingerprint density at radius 1 is 1.32 bits per heavy atom. The Morgan fingerprint density at radius 2 is 2.04 bits per heavy atom. The smallest absolute Gasteiger partial charge is 0.256 e. The lowest BCUT2D eigenvalue weighted by molar-refractivity contribution is -0.160. The maximum Gasteiger partial charge on any atom is 0.256 e. The van der Waals surface area contributed by atoms with Gasteiger partial charge in [0.15, 0.2) is 11.4 Å². The summed E-state index contributed by atoms with van der Waals surface area (Å²) in [4.78, 5) is 20.8. The van der Waals surface area contributed by atoms with Gasteiger partial charge in [-0.05, 0) is 36.9 Å². The molecule has 2 aromatic rings. The summed E-state index contributed by atoms with van der Waals surface area (Å²) in [5.41, 5.74) is 0.977. The monoisotopic (exact) mass is 386 g/mol. The number of aryl methyl sites for hydroxylation is 1. The first kappa shape index (κ1) is 20.5. The van der Waals surface area contributed by atoms with Gasteiger partial charge in [0, 0.05) is 26.6 Å². The number of likely N-dealkylation sites (N-methyl/N-ethyl adjacent to an activating group) is 1. The molecule has 1 aromatic heterocycles. The van der Waals surface area contributed by atoms with Gasteiger partial charge in [-0.2, -0.15) is 4.98 Å². The second kappa shape index (κ2) is 8.41. The minimum Gasteiger partial charge on any atom is -0.379 e. The molecule has 152 valence electrons. The van der Waals surface area contributed by atoms with Crippen LogP contribution in [0.1, 0.15) is 55.4 Å². The number of hydrogen-bond acceptors (Lipinski definition) is 6. The Balaban J connectivity index is 1.63. The fraction of sp³-hybridized carbons (Fsp3) is 0.571. The number of hydrogen-bond donors (Lipinski definition) is 1. The third-order valence-electron chi connectivity index (χ3n) is 5.24. The van der Waals surface area contributed by atoms with E-state index < -0.39 is 5.60 Å². The van der Waals surface area contributed by atoms with Crippen LogP contribution in [0.3, 0.4) is 0 Å². The van der Waals surface area contributed by atoms with Gasteiger partial charge in [0.1, 0.15) is 0 Å². The molecule has 0 aliphatic carbocycles. The highest BCUT2D eigenvalue weighted by atomic mass is 16.5. The minimum atomic E-state index is -1.39. The summed E-state index contributed by atoms with van der Waals surface area (Å²) >= 11 is 0. The van der Waals surface area contributed by atoms with E-state index in [0.717, 1.165) is 12.0 Å². The Hall–Kier alpha value is -2.25. The molecule has 28 heavy (non-hydrogen) atoms. The molecule has 0 saturated carbocycles. The normalized spacial score (nSPS) is 20.4. The standard InChI is InChI=1S/C21H30N4O3/c1-15(2)18-8-6-17(7-9-18)12-25-11-5-10-21(27,20(25)26)14-24(4)13-19-22-16(3)28-23-19/h6-9,15,27H,5,10-14H2,1-4H3. The molecule has 1 amide bonds. The predicted molar refractivity (Wildman–Crippen MR) is 106 cm³/mol. The average molecular weight is 386 g/mol. The molecule has 1 atom stereocenters. The van der Waals surface area contributed by atoms with Crippen molar-refractivity contribution in [2.45, 2.75) is 58.2 Å². The quantitative estimate of drug-likeness (QED) is 0.787. The number of piperidine rings is 1. The average Bonchev–Trinajstić information content (AvgIpc) is 3.04. The van der Waals surface area contributed by atoms with Crippen LogP contribution in [0.25, 0.3) is 0 Å². The van der Waals surface area contributed by atoms with Crippen molar-refractivity contribution in [3.63, 3.8) is 0 Å². The van der Waals surface area contributed by atoms with Gasteiger partial charge in [0.05, 0.1) is 6.54 Å². The number of carbonyl (C=O) groups is 1. The summed E-state index contributed by atoms with van der Waals surface area (Å²) in [7, 11) is 1.85. The van der Waals surface area contributed by atoms with Gasteiger partial charge < -0.3 is 14.5 Å². The molecule has 1 N–H and O–H groups in total. The summed E-state index contributed by atoms with van der Waals surface area (Å²) in [6, 6.07) is 8.37. The summed E-state index contributed by atoms with van der Waals surface area (Å²) in [6.45, 7) is 7.91. The Morgan fingerprint density at radius 3 is 2.64 bits per heavy atom. The molecule has 7 nitrogen and oxygen atoms in total. The van der Waals surface area contributed by atoms with Gasteiger partial charge in [0.2, 0.25) is 5.89 Å². The minimum absolute atomic E-state index is 0.206. The van der Waals surface area contributed by atoms with E-state index in [1.54, 1.807) is 11.8 Å². The molecule has 1 aromatic carbocycles. The summed E-state index contributed by atoms with van der Waals surface area (Å²) in [6.07, 6.45) is 1.24. The fourth-order valence-electron chi connectivity index (χ4n) is 3.74.